The van der Waals surface area contributed by atoms with Gasteiger partial charge in [-0.2, -0.15) is 0 Å². The smallest absolute Gasteiger partial charge is 0.141 e. The standard InChI is InChI=1S/C18H31NO2/c1-13(12-18(5,6)21-8)19-15-11-14(17(2,3)4)9-10-16(15)20-7/h9-11,13,19H,12H2,1-8H3. The van der Waals surface area contributed by atoms with Crippen LogP contribution in [0.4, 0.5) is 5.69 Å². The summed E-state index contributed by atoms with van der Waals surface area (Å²) in [6, 6.07) is 6.66. The van der Waals surface area contributed by atoms with Crippen molar-refractivity contribution in [3.63, 3.8) is 0 Å². The Kier molecular flexibility index (Phi) is 5.68. The molecular weight excluding hydrogens is 262 g/mol. The van der Waals surface area contributed by atoms with Crippen molar-refractivity contribution < 1.29 is 9.47 Å². The van der Waals surface area contributed by atoms with E-state index < -0.39 is 0 Å². The molecule has 0 saturated heterocycles. The number of rotatable bonds is 6. The van der Waals surface area contributed by atoms with E-state index in [2.05, 4.69) is 59.0 Å². The van der Waals surface area contributed by atoms with Crippen molar-refractivity contribution in [3.05, 3.63) is 23.8 Å². The Morgan fingerprint density at radius 1 is 1.10 bits per heavy atom. The first-order chi connectivity index (χ1) is 9.59. The largest absolute Gasteiger partial charge is 0.495 e. The molecule has 0 aliphatic heterocycles. The second-order valence-electron chi connectivity index (χ2n) is 7.38. The molecule has 3 heteroatoms. The Bertz CT molecular complexity index is 461. The van der Waals surface area contributed by atoms with Crippen LogP contribution in [0.25, 0.3) is 0 Å². The molecule has 0 aliphatic carbocycles. The van der Waals surface area contributed by atoms with Crippen molar-refractivity contribution in [2.45, 2.75) is 65.0 Å². The van der Waals surface area contributed by atoms with Crippen LogP contribution in [0.5, 0.6) is 5.75 Å². The number of hydrogen-bond donors (Lipinski definition) is 1. The van der Waals surface area contributed by atoms with Gasteiger partial charge in [0, 0.05) is 13.2 Å². The molecule has 3 nitrogen and oxygen atoms in total. The molecule has 1 aromatic carbocycles. The molecule has 1 aromatic rings. The van der Waals surface area contributed by atoms with Crippen molar-refractivity contribution >= 4 is 5.69 Å². The summed E-state index contributed by atoms with van der Waals surface area (Å²) in [5, 5.41) is 3.56. The van der Waals surface area contributed by atoms with E-state index in [1.165, 1.54) is 5.56 Å². The zero-order valence-electron chi connectivity index (χ0n) is 14.8. The predicted octanol–water partition coefficient (Wildman–Crippen LogP) is 4.61. The Morgan fingerprint density at radius 3 is 2.19 bits per heavy atom. The molecule has 0 saturated carbocycles. The fourth-order valence-electron chi connectivity index (χ4n) is 2.42. The summed E-state index contributed by atoms with van der Waals surface area (Å²) in [7, 11) is 3.47. The maximum atomic E-state index is 5.51. The second-order valence-corrected chi connectivity index (χ2v) is 7.38. The van der Waals surface area contributed by atoms with E-state index in [-0.39, 0.29) is 11.0 Å². The van der Waals surface area contributed by atoms with Crippen LogP contribution in [0.15, 0.2) is 18.2 Å². The number of benzene rings is 1. The van der Waals surface area contributed by atoms with E-state index in [0.717, 1.165) is 17.9 Å². The number of anilines is 1. The maximum Gasteiger partial charge on any atom is 0.141 e. The van der Waals surface area contributed by atoms with E-state index in [9.17, 15) is 0 Å². The lowest BCUT2D eigenvalue weighted by Crippen LogP contribution is -2.31. The van der Waals surface area contributed by atoms with Gasteiger partial charge in [0.1, 0.15) is 5.75 Å². The first-order valence-corrected chi connectivity index (χ1v) is 7.59. The number of nitrogens with one attached hydrogen (secondary N) is 1. The molecule has 21 heavy (non-hydrogen) atoms. The van der Waals surface area contributed by atoms with Gasteiger partial charge in [-0.05, 0) is 50.3 Å². The van der Waals surface area contributed by atoms with Crippen molar-refractivity contribution in [1.29, 1.82) is 0 Å². The van der Waals surface area contributed by atoms with Gasteiger partial charge in [-0.25, -0.2) is 0 Å². The third-order valence-electron chi connectivity index (χ3n) is 3.82. The van der Waals surface area contributed by atoms with Crippen LogP contribution in [-0.2, 0) is 10.2 Å². The van der Waals surface area contributed by atoms with Gasteiger partial charge in [0.05, 0.1) is 18.4 Å². The van der Waals surface area contributed by atoms with Crippen LogP contribution in [0.3, 0.4) is 0 Å². The molecule has 0 radical (unpaired) electrons. The lowest BCUT2D eigenvalue weighted by molar-refractivity contribution is 0.0128. The van der Waals surface area contributed by atoms with Gasteiger partial charge in [-0.15, -0.1) is 0 Å². The van der Waals surface area contributed by atoms with Gasteiger partial charge in [0.25, 0.3) is 0 Å². The summed E-state index contributed by atoms with van der Waals surface area (Å²) in [6.07, 6.45) is 0.923. The number of methoxy groups -OCH3 is 2. The van der Waals surface area contributed by atoms with Gasteiger partial charge in [0.15, 0.2) is 0 Å². The van der Waals surface area contributed by atoms with E-state index in [1.54, 1.807) is 14.2 Å². The molecule has 0 spiro atoms. The lowest BCUT2D eigenvalue weighted by Gasteiger charge is -2.28. The molecule has 0 fully saturated rings. The van der Waals surface area contributed by atoms with E-state index in [0.29, 0.717) is 6.04 Å². The molecular formula is C18H31NO2. The van der Waals surface area contributed by atoms with Gasteiger partial charge in [0.2, 0.25) is 0 Å². The first-order valence-electron chi connectivity index (χ1n) is 7.59. The lowest BCUT2D eigenvalue weighted by atomic mass is 9.86. The highest BCUT2D eigenvalue weighted by molar-refractivity contribution is 5.59. The van der Waals surface area contributed by atoms with Crippen LogP contribution >= 0.6 is 0 Å². The minimum absolute atomic E-state index is 0.123. The quantitative estimate of drug-likeness (QED) is 0.831. The number of hydrogen-bond acceptors (Lipinski definition) is 3. The number of ether oxygens (including phenoxy) is 2. The molecule has 0 aliphatic rings. The minimum atomic E-state index is -0.138. The van der Waals surface area contributed by atoms with Gasteiger partial charge < -0.3 is 14.8 Å². The summed E-state index contributed by atoms with van der Waals surface area (Å²) in [5.74, 6) is 0.880. The van der Waals surface area contributed by atoms with Gasteiger partial charge in [-0.3, -0.25) is 0 Å². The van der Waals surface area contributed by atoms with Crippen LogP contribution in [0.1, 0.15) is 53.5 Å². The summed E-state index contributed by atoms with van der Waals surface area (Å²) in [4.78, 5) is 0. The molecule has 1 rings (SSSR count). The monoisotopic (exact) mass is 293 g/mol. The summed E-state index contributed by atoms with van der Waals surface area (Å²) in [5.41, 5.74) is 2.33. The molecule has 1 unspecified atom stereocenters. The van der Waals surface area contributed by atoms with E-state index in [1.807, 2.05) is 6.07 Å². The second kappa shape index (κ2) is 6.69. The maximum absolute atomic E-state index is 5.51. The average molecular weight is 293 g/mol. The molecule has 0 aromatic heterocycles. The Labute approximate surface area is 130 Å². The van der Waals surface area contributed by atoms with Crippen molar-refractivity contribution in [2.75, 3.05) is 19.5 Å². The molecule has 1 N–H and O–H groups in total. The van der Waals surface area contributed by atoms with Crippen LogP contribution < -0.4 is 10.1 Å². The summed E-state index contributed by atoms with van der Waals surface area (Å²) in [6.45, 7) is 13.0. The topological polar surface area (TPSA) is 30.5 Å². The van der Waals surface area contributed by atoms with Crippen molar-refractivity contribution in [2.24, 2.45) is 0 Å². The Morgan fingerprint density at radius 2 is 1.71 bits per heavy atom. The molecule has 0 amide bonds. The van der Waals surface area contributed by atoms with E-state index in [4.69, 9.17) is 9.47 Å². The third kappa shape index (κ3) is 5.24. The van der Waals surface area contributed by atoms with Crippen LogP contribution in [0.2, 0.25) is 0 Å². The highest BCUT2D eigenvalue weighted by atomic mass is 16.5. The normalized spacial score (nSPS) is 13.9. The van der Waals surface area contributed by atoms with Crippen LogP contribution in [-0.4, -0.2) is 25.9 Å². The molecule has 1 atom stereocenters. The third-order valence-corrected chi connectivity index (χ3v) is 3.82. The molecule has 0 bridgehead atoms. The van der Waals surface area contributed by atoms with Gasteiger partial charge >= 0.3 is 0 Å². The minimum Gasteiger partial charge on any atom is -0.495 e. The Hall–Kier alpha value is -1.22. The van der Waals surface area contributed by atoms with E-state index >= 15 is 0 Å². The first kappa shape index (κ1) is 17.8. The Balaban J connectivity index is 2.95. The predicted molar refractivity (Wildman–Crippen MR) is 90.5 cm³/mol. The fraction of sp³-hybridized carbons (Fsp3) is 0.667. The van der Waals surface area contributed by atoms with Crippen molar-refractivity contribution in [3.8, 4) is 5.75 Å². The summed E-state index contributed by atoms with van der Waals surface area (Å²) >= 11 is 0. The molecule has 120 valence electrons. The highest BCUT2D eigenvalue weighted by Gasteiger charge is 2.22. The van der Waals surface area contributed by atoms with Gasteiger partial charge in [-0.1, -0.05) is 26.8 Å². The van der Waals surface area contributed by atoms with Crippen LogP contribution in [0, 0.1) is 0 Å². The average Bonchev–Trinajstić information content (AvgIpc) is 2.36. The zero-order valence-corrected chi connectivity index (χ0v) is 14.8. The fourth-order valence-corrected chi connectivity index (χ4v) is 2.42. The zero-order chi connectivity index (χ0) is 16.3. The molecule has 0 heterocycles. The summed E-state index contributed by atoms with van der Waals surface area (Å²) < 4.78 is 11.0. The van der Waals surface area contributed by atoms with Crippen molar-refractivity contribution in [1.82, 2.24) is 0 Å². The highest BCUT2D eigenvalue weighted by Crippen LogP contribution is 2.32. The SMILES string of the molecule is COc1ccc(C(C)(C)C)cc1NC(C)CC(C)(C)OC.